The number of carbonyl (C=O) groups excluding carboxylic acids is 2. The highest BCUT2D eigenvalue weighted by Gasteiger charge is 2.30. The monoisotopic (exact) mass is 389 g/mol. The SMILES string of the molecule is Cc1ccc2c(c1)c(C1=CNC(=O)CC1=O)c(C(=O)O)n2Cc1cccc(N)c1. The average molecular weight is 389 g/mol. The van der Waals surface area contributed by atoms with Crippen molar-refractivity contribution in [2.75, 3.05) is 5.73 Å². The number of ketones is 1. The van der Waals surface area contributed by atoms with Gasteiger partial charge < -0.3 is 20.7 Å². The number of Topliss-reactive ketones (excluding diaryl/α,β-unsaturated/α-hetero) is 1. The Labute approximate surface area is 166 Å². The van der Waals surface area contributed by atoms with Crippen molar-refractivity contribution < 1.29 is 19.5 Å². The fraction of sp³-hybridized carbons (Fsp3) is 0.136. The Balaban J connectivity index is 2.01. The van der Waals surface area contributed by atoms with Crippen LogP contribution in [-0.2, 0) is 16.1 Å². The number of nitrogens with zero attached hydrogens (tertiary/aromatic N) is 1. The Kier molecular flexibility index (Phi) is 4.43. The number of hydrogen-bond donors (Lipinski definition) is 3. The summed E-state index contributed by atoms with van der Waals surface area (Å²) in [7, 11) is 0. The Morgan fingerprint density at radius 2 is 2.00 bits per heavy atom. The zero-order chi connectivity index (χ0) is 20.7. The molecular weight excluding hydrogens is 370 g/mol. The van der Waals surface area contributed by atoms with Crippen molar-refractivity contribution in [1.29, 1.82) is 0 Å². The smallest absolute Gasteiger partial charge is 0.353 e. The summed E-state index contributed by atoms with van der Waals surface area (Å²) in [6.07, 6.45) is 1.00. The lowest BCUT2D eigenvalue weighted by Gasteiger charge is -2.14. The van der Waals surface area contributed by atoms with Crippen molar-refractivity contribution in [2.24, 2.45) is 0 Å². The number of benzene rings is 2. The molecule has 0 radical (unpaired) electrons. The number of aromatic nitrogens is 1. The number of amides is 1. The zero-order valence-electron chi connectivity index (χ0n) is 15.7. The summed E-state index contributed by atoms with van der Waals surface area (Å²) >= 11 is 0. The maximum Gasteiger partial charge on any atom is 0.353 e. The van der Waals surface area contributed by atoms with E-state index in [9.17, 15) is 19.5 Å². The predicted molar refractivity (Wildman–Crippen MR) is 109 cm³/mol. The normalized spacial score (nSPS) is 14.0. The van der Waals surface area contributed by atoms with Crippen molar-refractivity contribution in [1.82, 2.24) is 9.88 Å². The fourth-order valence-corrected chi connectivity index (χ4v) is 3.74. The molecule has 0 fully saturated rings. The molecular formula is C22H19N3O4. The highest BCUT2D eigenvalue weighted by molar-refractivity contribution is 6.31. The number of carbonyl (C=O) groups is 3. The van der Waals surface area contributed by atoms with Crippen LogP contribution in [0.15, 0.2) is 48.7 Å². The summed E-state index contributed by atoms with van der Waals surface area (Å²) in [5.41, 5.74) is 9.45. The molecule has 0 saturated heterocycles. The minimum atomic E-state index is -1.15. The molecule has 7 nitrogen and oxygen atoms in total. The number of carboxylic acid groups (broad SMARTS) is 1. The number of allylic oxidation sites excluding steroid dienone is 1. The van der Waals surface area contributed by atoms with Crippen molar-refractivity contribution in [3.8, 4) is 0 Å². The molecule has 4 rings (SSSR count). The fourth-order valence-electron chi connectivity index (χ4n) is 3.74. The molecule has 0 saturated carbocycles. The van der Waals surface area contributed by atoms with Gasteiger partial charge in [-0.3, -0.25) is 9.59 Å². The van der Waals surface area contributed by atoms with E-state index in [4.69, 9.17) is 5.73 Å². The number of hydrogen-bond acceptors (Lipinski definition) is 4. The molecule has 1 amide bonds. The number of nitrogen functional groups attached to an aromatic ring is 1. The van der Waals surface area contributed by atoms with Gasteiger partial charge in [-0.25, -0.2) is 4.79 Å². The molecule has 0 atom stereocenters. The summed E-state index contributed by atoms with van der Waals surface area (Å²) in [5.74, 6) is -1.96. The molecule has 7 heteroatoms. The van der Waals surface area contributed by atoms with Crippen LogP contribution in [0, 0.1) is 6.92 Å². The van der Waals surface area contributed by atoms with Gasteiger partial charge in [0.2, 0.25) is 5.91 Å². The molecule has 1 aliphatic heterocycles. The molecule has 1 aromatic heterocycles. The molecule has 0 spiro atoms. The minimum absolute atomic E-state index is 0.00349. The Hall–Kier alpha value is -3.87. The number of rotatable bonds is 4. The summed E-state index contributed by atoms with van der Waals surface area (Å²) in [6.45, 7) is 2.18. The van der Waals surface area contributed by atoms with Gasteiger partial charge in [-0.1, -0.05) is 23.8 Å². The molecule has 0 aliphatic carbocycles. The molecule has 3 aromatic rings. The lowest BCUT2D eigenvalue weighted by molar-refractivity contribution is -0.125. The van der Waals surface area contributed by atoms with Gasteiger partial charge >= 0.3 is 5.97 Å². The Bertz CT molecular complexity index is 1220. The van der Waals surface area contributed by atoms with E-state index in [-0.39, 0.29) is 24.2 Å². The third kappa shape index (κ3) is 3.27. The third-order valence-corrected chi connectivity index (χ3v) is 4.98. The number of aromatic carboxylic acids is 1. The maximum absolute atomic E-state index is 12.6. The van der Waals surface area contributed by atoms with Gasteiger partial charge in [0.05, 0.1) is 6.42 Å². The first-order chi connectivity index (χ1) is 13.8. The maximum atomic E-state index is 12.6. The minimum Gasteiger partial charge on any atom is -0.477 e. The van der Waals surface area contributed by atoms with Crippen LogP contribution in [0.1, 0.15) is 33.6 Å². The topological polar surface area (TPSA) is 114 Å². The second kappa shape index (κ2) is 6.94. The van der Waals surface area contributed by atoms with E-state index < -0.39 is 17.7 Å². The van der Waals surface area contributed by atoms with E-state index in [0.29, 0.717) is 22.2 Å². The van der Waals surface area contributed by atoms with Gasteiger partial charge in [0.25, 0.3) is 0 Å². The zero-order valence-corrected chi connectivity index (χ0v) is 15.7. The van der Waals surface area contributed by atoms with Crippen molar-refractivity contribution in [3.63, 3.8) is 0 Å². The lowest BCUT2D eigenvalue weighted by Crippen LogP contribution is -2.28. The van der Waals surface area contributed by atoms with Gasteiger partial charge in [-0.15, -0.1) is 0 Å². The molecule has 0 unspecified atom stereocenters. The van der Waals surface area contributed by atoms with Crippen molar-refractivity contribution >= 4 is 39.8 Å². The van der Waals surface area contributed by atoms with E-state index in [1.165, 1.54) is 6.20 Å². The predicted octanol–water partition coefficient (Wildman–Crippen LogP) is 2.71. The molecule has 0 bridgehead atoms. The summed E-state index contributed by atoms with van der Waals surface area (Å²) in [6, 6.07) is 12.8. The molecule has 4 N–H and O–H groups in total. The summed E-state index contributed by atoms with van der Waals surface area (Å²) in [5, 5.41) is 13.2. The summed E-state index contributed by atoms with van der Waals surface area (Å²) < 4.78 is 1.67. The molecule has 29 heavy (non-hydrogen) atoms. The highest BCUT2D eigenvalue weighted by Crippen LogP contribution is 2.35. The lowest BCUT2D eigenvalue weighted by atomic mass is 9.95. The van der Waals surface area contributed by atoms with Gasteiger partial charge in [0, 0.05) is 40.5 Å². The van der Waals surface area contributed by atoms with Crippen LogP contribution >= 0.6 is 0 Å². The molecule has 2 aromatic carbocycles. The van der Waals surface area contributed by atoms with E-state index in [0.717, 1.165) is 11.1 Å². The summed E-state index contributed by atoms with van der Waals surface area (Å²) in [4.78, 5) is 36.4. The van der Waals surface area contributed by atoms with Crippen LogP contribution in [0.2, 0.25) is 0 Å². The average Bonchev–Trinajstić information content (AvgIpc) is 2.95. The number of anilines is 1. The second-order valence-corrected chi connectivity index (χ2v) is 7.11. The number of nitrogens with two attached hydrogens (primary N) is 1. The van der Waals surface area contributed by atoms with Gasteiger partial charge in [0.1, 0.15) is 5.69 Å². The second-order valence-electron chi connectivity index (χ2n) is 7.11. The Morgan fingerprint density at radius 3 is 2.69 bits per heavy atom. The van der Waals surface area contributed by atoms with Crippen LogP contribution in [-0.4, -0.2) is 27.3 Å². The highest BCUT2D eigenvalue weighted by atomic mass is 16.4. The van der Waals surface area contributed by atoms with E-state index in [2.05, 4.69) is 5.32 Å². The van der Waals surface area contributed by atoms with Gasteiger partial charge in [0.15, 0.2) is 5.78 Å². The quantitative estimate of drug-likeness (QED) is 0.469. The van der Waals surface area contributed by atoms with Crippen LogP contribution in [0.4, 0.5) is 5.69 Å². The molecule has 146 valence electrons. The number of nitrogens with one attached hydrogen (secondary N) is 1. The van der Waals surface area contributed by atoms with Gasteiger partial charge in [-0.2, -0.15) is 0 Å². The Morgan fingerprint density at radius 1 is 1.21 bits per heavy atom. The molecule has 2 heterocycles. The van der Waals surface area contributed by atoms with E-state index >= 15 is 0 Å². The van der Waals surface area contributed by atoms with Crippen LogP contribution < -0.4 is 11.1 Å². The first kappa shape index (κ1) is 18.5. The number of fused-ring (bicyclic) bond motifs is 1. The van der Waals surface area contributed by atoms with E-state index in [1.807, 2.05) is 37.3 Å². The van der Waals surface area contributed by atoms with E-state index in [1.54, 1.807) is 16.7 Å². The van der Waals surface area contributed by atoms with Crippen molar-refractivity contribution in [3.05, 3.63) is 71.0 Å². The number of carboxylic acids is 1. The largest absolute Gasteiger partial charge is 0.477 e. The van der Waals surface area contributed by atoms with Crippen molar-refractivity contribution in [2.45, 2.75) is 19.9 Å². The van der Waals surface area contributed by atoms with Crippen LogP contribution in [0.25, 0.3) is 16.5 Å². The van der Waals surface area contributed by atoms with Crippen LogP contribution in [0.3, 0.4) is 0 Å². The first-order valence-electron chi connectivity index (χ1n) is 9.09. The third-order valence-electron chi connectivity index (χ3n) is 4.98. The first-order valence-corrected chi connectivity index (χ1v) is 9.09. The molecule has 1 aliphatic rings. The number of aryl methyl sites for hydroxylation is 1. The standard InChI is InChI=1S/C22H19N3O4/c1-12-5-6-17-15(7-12)20(16-10-24-19(27)9-18(16)26)21(22(28)29)25(17)11-13-3-2-4-14(23)8-13/h2-8,10H,9,11,23H2,1H3,(H,24,27)(H,28,29). The van der Waals surface area contributed by atoms with Gasteiger partial charge in [-0.05, 0) is 36.8 Å². The van der Waals surface area contributed by atoms with Crippen LogP contribution in [0.5, 0.6) is 0 Å².